The number of fused-ring (bicyclic) bond motifs is 1. The molecule has 3 rings (SSSR count). The van der Waals surface area contributed by atoms with Gasteiger partial charge >= 0.3 is 0 Å². The second-order valence-corrected chi connectivity index (χ2v) is 6.16. The predicted molar refractivity (Wildman–Crippen MR) is 101 cm³/mol. The Bertz CT molecular complexity index is 871. The van der Waals surface area contributed by atoms with Crippen LogP contribution in [0.4, 0.5) is 0 Å². The molecule has 0 aliphatic carbocycles. The molecule has 1 aliphatic heterocycles. The first kappa shape index (κ1) is 17.8. The van der Waals surface area contributed by atoms with E-state index >= 15 is 0 Å². The molecule has 2 aromatic rings. The second-order valence-electron chi connectivity index (χ2n) is 6.16. The molecule has 0 bridgehead atoms. The summed E-state index contributed by atoms with van der Waals surface area (Å²) in [4.78, 5) is 12.1. The van der Waals surface area contributed by atoms with E-state index in [2.05, 4.69) is 0 Å². The SMILES string of the molecule is CCOc1ccc(C2=C[C@H](/C(C(C)=O)=C(/C)O)c3ccccc3O2)cc1. The first-order valence-electron chi connectivity index (χ1n) is 8.63. The smallest absolute Gasteiger partial charge is 0.160 e. The molecule has 1 atom stereocenters. The van der Waals surface area contributed by atoms with E-state index in [0.717, 1.165) is 16.9 Å². The maximum absolute atomic E-state index is 12.1. The molecule has 2 aromatic carbocycles. The molecule has 0 saturated carbocycles. The van der Waals surface area contributed by atoms with E-state index < -0.39 is 0 Å². The van der Waals surface area contributed by atoms with Crippen LogP contribution in [0, 0.1) is 0 Å². The Morgan fingerprint density at radius 1 is 1.12 bits per heavy atom. The third kappa shape index (κ3) is 3.49. The predicted octanol–water partition coefficient (Wildman–Crippen LogP) is 5.02. The van der Waals surface area contributed by atoms with E-state index in [1.165, 1.54) is 6.92 Å². The zero-order chi connectivity index (χ0) is 18.7. The number of rotatable bonds is 5. The molecular weight excluding hydrogens is 328 g/mol. The average Bonchev–Trinajstić information content (AvgIpc) is 2.62. The van der Waals surface area contributed by atoms with Crippen LogP contribution in [0.25, 0.3) is 5.76 Å². The highest BCUT2D eigenvalue weighted by Crippen LogP contribution is 2.41. The summed E-state index contributed by atoms with van der Waals surface area (Å²) < 4.78 is 11.5. The molecule has 0 saturated heterocycles. The molecule has 0 spiro atoms. The van der Waals surface area contributed by atoms with Gasteiger partial charge in [0.15, 0.2) is 5.78 Å². The van der Waals surface area contributed by atoms with E-state index in [4.69, 9.17) is 9.47 Å². The average molecular weight is 350 g/mol. The van der Waals surface area contributed by atoms with Crippen molar-refractivity contribution in [1.82, 2.24) is 0 Å². The number of ketones is 1. The van der Waals surface area contributed by atoms with Gasteiger partial charge in [0.1, 0.15) is 17.3 Å². The summed E-state index contributed by atoms with van der Waals surface area (Å²) in [7, 11) is 0. The number of aliphatic hydroxyl groups is 1. The van der Waals surface area contributed by atoms with Gasteiger partial charge in [-0.15, -0.1) is 0 Å². The van der Waals surface area contributed by atoms with Gasteiger partial charge in [-0.2, -0.15) is 0 Å². The summed E-state index contributed by atoms with van der Waals surface area (Å²) in [5.74, 6) is 1.64. The van der Waals surface area contributed by atoms with E-state index in [1.54, 1.807) is 6.92 Å². The van der Waals surface area contributed by atoms with Crippen molar-refractivity contribution in [3.05, 3.63) is 77.1 Å². The van der Waals surface area contributed by atoms with E-state index in [-0.39, 0.29) is 17.5 Å². The minimum absolute atomic E-state index is 0.0292. The quantitative estimate of drug-likeness (QED) is 0.607. The van der Waals surface area contributed by atoms with Gasteiger partial charge in [0.05, 0.1) is 12.4 Å². The lowest BCUT2D eigenvalue weighted by Crippen LogP contribution is -2.16. The fraction of sp³-hybridized carbons (Fsp3) is 0.227. The van der Waals surface area contributed by atoms with Gasteiger partial charge in [0.2, 0.25) is 0 Å². The number of hydrogen-bond donors (Lipinski definition) is 1. The minimum Gasteiger partial charge on any atom is -0.512 e. The molecule has 0 unspecified atom stereocenters. The summed E-state index contributed by atoms with van der Waals surface area (Å²) in [5, 5.41) is 10.1. The zero-order valence-electron chi connectivity index (χ0n) is 15.2. The molecule has 4 nitrogen and oxygen atoms in total. The fourth-order valence-electron chi connectivity index (χ4n) is 3.20. The Labute approximate surface area is 153 Å². The number of carbonyl (C=O) groups excluding carboxylic acids is 1. The lowest BCUT2D eigenvalue weighted by molar-refractivity contribution is -0.114. The highest BCUT2D eigenvalue weighted by molar-refractivity contribution is 5.96. The summed E-state index contributed by atoms with van der Waals surface area (Å²) in [6.07, 6.45) is 1.88. The van der Waals surface area contributed by atoms with Crippen LogP contribution in [-0.4, -0.2) is 17.5 Å². The third-order valence-electron chi connectivity index (χ3n) is 4.32. The molecule has 1 N–H and O–H groups in total. The van der Waals surface area contributed by atoms with Gasteiger partial charge in [0.25, 0.3) is 0 Å². The molecule has 4 heteroatoms. The van der Waals surface area contributed by atoms with Gasteiger partial charge in [-0.1, -0.05) is 18.2 Å². The van der Waals surface area contributed by atoms with Crippen LogP contribution >= 0.6 is 0 Å². The molecule has 0 fully saturated rings. The highest BCUT2D eigenvalue weighted by atomic mass is 16.5. The Hall–Kier alpha value is -3.01. The highest BCUT2D eigenvalue weighted by Gasteiger charge is 2.28. The van der Waals surface area contributed by atoms with Gasteiger partial charge < -0.3 is 14.6 Å². The van der Waals surface area contributed by atoms with Gasteiger partial charge in [0, 0.05) is 22.6 Å². The topological polar surface area (TPSA) is 55.8 Å². The van der Waals surface area contributed by atoms with Crippen molar-refractivity contribution in [2.75, 3.05) is 6.61 Å². The molecule has 26 heavy (non-hydrogen) atoms. The molecule has 134 valence electrons. The number of aliphatic hydroxyl groups excluding tert-OH is 1. The lowest BCUT2D eigenvalue weighted by Gasteiger charge is -2.26. The lowest BCUT2D eigenvalue weighted by atomic mass is 9.85. The number of para-hydroxylation sites is 1. The number of Topliss-reactive ketones (excluding diaryl/α,β-unsaturated/α-hetero) is 1. The van der Waals surface area contributed by atoms with E-state index in [1.807, 2.05) is 61.5 Å². The van der Waals surface area contributed by atoms with Gasteiger partial charge in [-0.25, -0.2) is 0 Å². The monoisotopic (exact) mass is 350 g/mol. The molecular formula is C22H22O4. The largest absolute Gasteiger partial charge is 0.512 e. The van der Waals surface area contributed by atoms with Crippen LogP contribution in [0.15, 0.2) is 65.9 Å². The van der Waals surface area contributed by atoms with E-state index in [0.29, 0.717) is 23.7 Å². The number of allylic oxidation sites excluding steroid dienone is 3. The summed E-state index contributed by atoms with van der Waals surface area (Å²) in [6, 6.07) is 15.2. The zero-order valence-corrected chi connectivity index (χ0v) is 15.2. The normalized spacial score (nSPS) is 16.7. The maximum atomic E-state index is 12.1. The Kier molecular flexibility index (Phi) is 5.12. The Morgan fingerprint density at radius 3 is 2.42 bits per heavy atom. The van der Waals surface area contributed by atoms with Crippen LogP contribution in [0.1, 0.15) is 37.8 Å². The van der Waals surface area contributed by atoms with Crippen LogP contribution in [-0.2, 0) is 4.79 Å². The van der Waals surface area contributed by atoms with Gasteiger partial charge in [-0.3, -0.25) is 4.79 Å². The van der Waals surface area contributed by atoms with Crippen LogP contribution in [0.2, 0.25) is 0 Å². The van der Waals surface area contributed by atoms with Crippen LogP contribution < -0.4 is 9.47 Å². The Balaban J connectivity index is 2.07. The second kappa shape index (κ2) is 7.48. The van der Waals surface area contributed by atoms with Crippen molar-refractivity contribution in [3.63, 3.8) is 0 Å². The van der Waals surface area contributed by atoms with Crippen molar-refractivity contribution in [1.29, 1.82) is 0 Å². The van der Waals surface area contributed by atoms with Crippen molar-refractivity contribution < 1.29 is 19.4 Å². The Morgan fingerprint density at radius 2 is 1.81 bits per heavy atom. The molecule has 0 radical (unpaired) electrons. The maximum Gasteiger partial charge on any atom is 0.160 e. The van der Waals surface area contributed by atoms with E-state index in [9.17, 15) is 9.90 Å². The first-order valence-corrected chi connectivity index (χ1v) is 8.63. The summed E-state index contributed by atoms with van der Waals surface area (Å²) in [5.41, 5.74) is 2.12. The van der Waals surface area contributed by atoms with Crippen molar-refractivity contribution in [2.45, 2.75) is 26.7 Å². The number of hydrogen-bond acceptors (Lipinski definition) is 4. The molecule has 0 amide bonds. The number of carbonyl (C=O) groups is 1. The fourth-order valence-corrected chi connectivity index (χ4v) is 3.20. The van der Waals surface area contributed by atoms with Crippen molar-refractivity contribution in [3.8, 4) is 11.5 Å². The van der Waals surface area contributed by atoms with Crippen LogP contribution in [0.5, 0.6) is 11.5 Å². The molecule has 1 heterocycles. The van der Waals surface area contributed by atoms with Crippen molar-refractivity contribution >= 4 is 11.5 Å². The summed E-state index contributed by atoms with van der Waals surface area (Å²) in [6.45, 7) is 5.56. The van der Waals surface area contributed by atoms with Crippen LogP contribution in [0.3, 0.4) is 0 Å². The third-order valence-corrected chi connectivity index (χ3v) is 4.32. The first-order chi connectivity index (χ1) is 12.5. The minimum atomic E-state index is -0.357. The number of ether oxygens (including phenoxy) is 2. The molecule has 1 aliphatic rings. The van der Waals surface area contributed by atoms with Crippen molar-refractivity contribution in [2.24, 2.45) is 0 Å². The molecule has 0 aromatic heterocycles. The van der Waals surface area contributed by atoms with Gasteiger partial charge in [-0.05, 0) is 57.2 Å². The summed E-state index contributed by atoms with van der Waals surface area (Å²) >= 11 is 0. The standard InChI is InChI=1S/C22H22O4/c1-4-25-17-11-9-16(10-12-17)21-13-19(22(14(2)23)15(3)24)18-7-5-6-8-20(18)26-21/h5-13,19,23H,4H2,1-3H3/b22-14-/t19-/m0/s1. The number of benzene rings is 2.